The van der Waals surface area contributed by atoms with Crippen molar-refractivity contribution in [2.24, 2.45) is 7.05 Å². The third-order valence-electron chi connectivity index (χ3n) is 5.67. The van der Waals surface area contributed by atoms with Crippen LogP contribution in [0.2, 0.25) is 0 Å². The monoisotopic (exact) mass is 401 g/mol. The number of benzene rings is 1. The molecular formula is C22H19N5O3. The number of hydrogen-bond acceptors (Lipinski definition) is 5. The van der Waals surface area contributed by atoms with Crippen molar-refractivity contribution in [3.63, 3.8) is 0 Å². The van der Waals surface area contributed by atoms with E-state index in [9.17, 15) is 14.4 Å². The Morgan fingerprint density at radius 1 is 1.13 bits per heavy atom. The number of pyridine rings is 1. The van der Waals surface area contributed by atoms with Crippen molar-refractivity contribution in [3.05, 3.63) is 60.2 Å². The van der Waals surface area contributed by atoms with Crippen molar-refractivity contribution < 1.29 is 14.4 Å². The summed E-state index contributed by atoms with van der Waals surface area (Å²) in [5, 5.41) is 2.33. The lowest BCUT2D eigenvalue weighted by molar-refractivity contribution is -0.136. The summed E-state index contributed by atoms with van der Waals surface area (Å²) in [7, 11) is 1.93. The Morgan fingerprint density at radius 2 is 2.00 bits per heavy atom. The largest absolute Gasteiger partial charge is 0.333 e. The average Bonchev–Trinajstić information content (AvgIpc) is 3.28. The van der Waals surface area contributed by atoms with Gasteiger partial charge in [-0.15, -0.1) is 0 Å². The second-order valence-electron chi connectivity index (χ2n) is 7.57. The number of fused-ring (bicyclic) bond motifs is 1. The number of aromatic nitrogens is 3. The predicted octanol–water partition coefficient (Wildman–Crippen LogP) is 1.91. The van der Waals surface area contributed by atoms with Gasteiger partial charge < -0.3 is 9.47 Å². The minimum atomic E-state index is -0.619. The number of aryl methyl sites for hydroxylation is 1. The van der Waals surface area contributed by atoms with E-state index in [0.29, 0.717) is 18.5 Å². The number of hydrogen-bond donors (Lipinski definition) is 1. The molecular weight excluding hydrogens is 382 g/mol. The van der Waals surface area contributed by atoms with Crippen LogP contribution in [0.25, 0.3) is 22.5 Å². The van der Waals surface area contributed by atoms with E-state index >= 15 is 0 Å². The van der Waals surface area contributed by atoms with Gasteiger partial charge in [-0.1, -0.05) is 6.07 Å². The zero-order valence-corrected chi connectivity index (χ0v) is 16.3. The molecule has 0 bridgehead atoms. The Morgan fingerprint density at radius 3 is 2.77 bits per heavy atom. The number of nitrogens with zero attached hydrogens (tertiary/aromatic N) is 4. The normalized spacial score (nSPS) is 18.5. The van der Waals surface area contributed by atoms with Gasteiger partial charge in [0.2, 0.25) is 11.8 Å². The zero-order chi connectivity index (χ0) is 20.8. The standard InChI is InChI=1S/C22H19N5O3/c1-26-12-24-19(20(26)14-3-2-8-23-10-14)13-4-5-16-15(9-13)11-27(22(16)30)17-6-7-18(28)25-21(17)29/h2-5,8-10,12,17H,6-7,11H2,1H3,(H,25,28,29)/t17-/m0/s1. The maximum absolute atomic E-state index is 12.9. The summed E-state index contributed by atoms with van der Waals surface area (Å²) in [5.41, 5.74) is 5.03. The number of carbonyl (C=O) groups is 3. The Kier molecular flexibility index (Phi) is 4.20. The lowest BCUT2D eigenvalue weighted by Crippen LogP contribution is -2.52. The summed E-state index contributed by atoms with van der Waals surface area (Å²) >= 11 is 0. The van der Waals surface area contributed by atoms with Gasteiger partial charge in [0, 0.05) is 49.1 Å². The highest BCUT2D eigenvalue weighted by molar-refractivity contribution is 6.05. The van der Waals surface area contributed by atoms with Gasteiger partial charge in [-0.3, -0.25) is 24.7 Å². The molecule has 1 saturated heterocycles. The van der Waals surface area contributed by atoms with E-state index in [1.165, 1.54) is 0 Å². The van der Waals surface area contributed by atoms with E-state index in [1.54, 1.807) is 29.7 Å². The highest BCUT2D eigenvalue weighted by Crippen LogP contribution is 2.34. The van der Waals surface area contributed by atoms with E-state index in [2.05, 4.69) is 15.3 Å². The van der Waals surface area contributed by atoms with Crippen LogP contribution in [0, 0.1) is 0 Å². The maximum Gasteiger partial charge on any atom is 0.255 e. The van der Waals surface area contributed by atoms with Crippen LogP contribution >= 0.6 is 0 Å². The van der Waals surface area contributed by atoms with E-state index in [-0.39, 0.29) is 18.2 Å². The average molecular weight is 401 g/mol. The van der Waals surface area contributed by atoms with E-state index in [1.807, 2.05) is 35.9 Å². The Labute approximate surface area is 172 Å². The van der Waals surface area contributed by atoms with Crippen LogP contribution < -0.4 is 5.32 Å². The summed E-state index contributed by atoms with van der Waals surface area (Å²) in [5.74, 6) is -0.878. The van der Waals surface area contributed by atoms with Crippen molar-refractivity contribution in [3.8, 4) is 22.5 Å². The molecule has 0 spiro atoms. The molecule has 8 nitrogen and oxygen atoms in total. The van der Waals surface area contributed by atoms with Crippen LogP contribution in [0.4, 0.5) is 0 Å². The van der Waals surface area contributed by atoms with E-state index < -0.39 is 11.9 Å². The quantitative estimate of drug-likeness (QED) is 0.676. The first kappa shape index (κ1) is 18.2. The Hall–Kier alpha value is -3.81. The number of imide groups is 1. The van der Waals surface area contributed by atoms with Crippen molar-refractivity contribution in [2.45, 2.75) is 25.4 Å². The second-order valence-corrected chi connectivity index (χ2v) is 7.57. The summed E-state index contributed by atoms with van der Waals surface area (Å²) in [6.45, 7) is 0.337. The maximum atomic E-state index is 12.9. The highest BCUT2D eigenvalue weighted by atomic mass is 16.2. The molecule has 1 fully saturated rings. The topological polar surface area (TPSA) is 97.2 Å². The molecule has 1 atom stereocenters. The molecule has 3 amide bonds. The summed E-state index contributed by atoms with van der Waals surface area (Å²) in [6, 6.07) is 8.88. The number of nitrogens with one attached hydrogen (secondary N) is 1. The molecule has 1 N–H and O–H groups in total. The summed E-state index contributed by atoms with van der Waals surface area (Å²) in [4.78, 5) is 46.9. The molecule has 1 aromatic carbocycles. The molecule has 5 rings (SSSR count). The smallest absolute Gasteiger partial charge is 0.255 e. The number of carbonyl (C=O) groups excluding carboxylic acids is 3. The van der Waals surface area contributed by atoms with Gasteiger partial charge in [0.25, 0.3) is 5.91 Å². The molecule has 2 aliphatic heterocycles. The minimum Gasteiger partial charge on any atom is -0.333 e. The fourth-order valence-electron chi connectivity index (χ4n) is 4.21. The van der Waals surface area contributed by atoms with Crippen LogP contribution in [0.1, 0.15) is 28.8 Å². The van der Waals surface area contributed by atoms with Crippen LogP contribution in [-0.4, -0.2) is 43.2 Å². The molecule has 2 aliphatic rings. The molecule has 8 heteroatoms. The van der Waals surface area contributed by atoms with Crippen LogP contribution in [0.3, 0.4) is 0 Å². The van der Waals surface area contributed by atoms with Gasteiger partial charge >= 0.3 is 0 Å². The fraction of sp³-hybridized carbons (Fsp3) is 0.227. The first-order valence-electron chi connectivity index (χ1n) is 9.72. The minimum absolute atomic E-state index is 0.181. The first-order chi connectivity index (χ1) is 14.5. The third kappa shape index (κ3) is 2.88. The molecule has 150 valence electrons. The van der Waals surface area contributed by atoms with Crippen molar-refractivity contribution in [1.29, 1.82) is 0 Å². The molecule has 0 saturated carbocycles. The summed E-state index contributed by atoms with van der Waals surface area (Å²) in [6.07, 6.45) is 5.87. The lowest BCUT2D eigenvalue weighted by atomic mass is 10.0. The van der Waals surface area contributed by atoms with Gasteiger partial charge in [0.05, 0.1) is 17.7 Å². The number of amides is 3. The van der Waals surface area contributed by atoms with Gasteiger partial charge in [0.15, 0.2) is 0 Å². The first-order valence-corrected chi connectivity index (χ1v) is 9.72. The van der Waals surface area contributed by atoms with Gasteiger partial charge in [-0.25, -0.2) is 4.98 Å². The van der Waals surface area contributed by atoms with Gasteiger partial charge in [-0.2, -0.15) is 0 Å². The molecule has 3 aromatic rings. The number of imidazole rings is 1. The molecule has 2 aromatic heterocycles. The van der Waals surface area contributed by atoms with Crippen molar-refractivity contribution in [2.75, 3.05) is 0 Å². The fourth-order valence-corrected chi connectivity index (χ4v) is 4.21. The van der Waals surface area contributed by atoms with Gasteiger partial charge in [0.1, 0.15) is 6.04 Å². The van der Waals surface area contributed by atoms with Crippen LogP contribution in [0.15, 0.2) is 49.1 Å². The van der Waals surface area contributed by atoms with E-state index in [0.717, 1.165) is 28.1 Å². The zero-order valence-electron chi connectivity index (χ0n) is 16.3. The SMILES string of the molecule is Cn1cnc(-c2ccc3c(c2)CN([C@H]2CCC(=O)NC2=O)C3=O)c1-c1cccnc1. The van der Waals surface area contributed by atoms with Crippen molar-refractivity contribution in [1.82, 2.24) is 24.8 Å². The van der Waals surface area contributed by atoms with Gasteiger partial charge in [-0.05, 0) is 36.2 Å². The van der Waals surface area contributed by atoms with E-state index in [4.69, 9.17) is 0 Å². The molecule has 0 radical (unpaired) electrons. The molecule has 30 heavy (non-hydrogen) atoms. The van der Waals surface area contributed by atoms with Crippen molar-refractivity contribution >= 4 is 17.7 Å². The second kappa shape index (κ2) is 6.91. The molecule has 4 heterocycles. The molecule has 0 unspecified atom stereocenters. The third-order valence-corrected chi connectivity index (χ3v) is 5.67. The van der Waals surface area contributed by atoms with Crippen LogP contribution in [-0.2, 0) is 23.2 Å². The number of piperidine rings is 1. The highest BCUT2D eigenvalue weighted by Gasteiger charge is 2.39. The predicted molar refractivity (Wildman–Crippen MR) is 108 cm³/mol. The Balaban J connectivity index is 1.49. The summed E-state index contributed by atoms with van der Waals surface area (Å²) < 4.78 is 1.94. The van der Waals surface area contributed by atoms with Crippen LogP contribution in [0.5, 0.6) is 0 Å². The lowest BCUT2D eigenvalue weighted by Gasteiger charge is -2.29. The Bertz CT molecular complexity index is 1180. The number of rotatable bonds is 3. The molecule has 0 aliphatic carbocycles.